The van der Waals surface area contributed by atoms with E-state index in [2.05, 4.69) is 16.7 Å². The van der Waals surface area contributed by atoms with Crippen molar-refractivity contribution in [1.82, 2.24) is 10.2 Å². The van der Waals surface area contributed by atoms with E-state index in [1.807, 2.05) is 11.4 Å². The fraction of sp³-hybridized carbons (Fsp3) is 0.300. The van der Waals surface area contributed by atoms with Gasteiger partial charge in [0.15, 0.2) is 0 Å². The van der Waals surface area contributed by atoms with Crippen molar-refractivity contribution < 1.29 is 14.4 Å². The van der Waals surface area contributed by atoms with Gasteiger partial charge in [0.2, 0.25) is 5.91 Å². The van der Waals surface area contributed by atoms with E-state index in [-0.39, 0.29) is 12.5 Å². The molecule has 1 spiro atoms. The van der Waals surface area contributed by atoms with Gasteiger partial charge in [0, 0.05) is 16.1 Å². The minimum absolute atomic E-state index is 0.295. The van der Waals surface area contributed by atoms with Crippen LogP contribution in [0, 0.1) is 11.3 Å². The summed E-state index contributed by atoms with van der Waals surface area (Å²) in [6.45, 7) is -0.341. The maximum Gasteiger partial charge on any atom is 0.325 e. The van der Waals surface area contributed by atoms with Crippen molar-refractivity contribution >= 4 is 34.9 Å². The third-order valence-corrected chi connectivity index (χ3v) is 6.14. The van der Waals surface area contributed by atoms with Gasteiger partial charge in [-0.25, -0.2) is 4.79 Å². The van der Waals surface area contributed by atoms with Crippen LogP contribution in [0.5, 0.6) is 0 Å². The quantitative estimate of drug-likeness (QED) is 0.778. The number of carbonyl (C=O) groups is 3. The Balaban J connectivity index is 1.47. The molecule has 4 rings (SSSR count). The number of fused-ring (bicyclic) bond motifs is 2. The smallest absolute Gasteiger partial charge is 0.325 e. The Bertz CT molecular complexity index is 992. The Labute approximate surface area is 166 Å². The monoisotopic (exact) mass is 394 g/mol. The maximum absolute atomic E-state index is 13.1. The highest BCUT2D eigenvalue weighted by molar-refractivity contribution is 7.10. The molecule has 28 heavy (non-hydrogen) atoms. The van der Waals surface area contributed by atoms with Gasteiger partial charge in [0.25, 0.3) is 5.91 Å². The number of nitrogens with one attached hydrogen (secondary N) is 2. The highest BCUT2D eigenvalue weighted by Crippen LogP contribution is 2.42. The van der Waals surface area contributed by atoms with E-state index in [9.17, 15) is 14.4 Å². The average Bonchev–Trinajstić information content (AvgIpc) is 3.24. The summed E-state index contributed by atoms with van der Waals surface area (Å²) in [4.78, 5) is 40.1. The van der Waals surface area contributed by atoms with Gasteiger partial charge in [0.05, 0.1) is 12.5 Å². The third kappa shape index (κ3) is 3.04. The van der Waals surface area contributed by atoms with Crippen molar-refractivity contribution in [3.05, 3.63) is 51.7 Å². The van der Waals surface area contributed by atoms with Crippen LogP contribution in [0.25, 0.3) is 0 Å². The fourth-order valence-corrected chi connectivity index (χ4v) is 4.83. The number of rotatable bonds is 4. The van der Waals surface area contributed by atoms with Crippen molar-refractivity contribution in [1.29, 1.82) is 5.26 Å². The molecule has 1 saturated heterocycles. The van der Waals surface area contributed by atoms with Crippen LogP contribution >= 0.6 is 11.3 Å². The van der Waals surface area contributed by atoms with E-state index in [1.165, 1.54) is 0 Å². The Morgan fingerprint density at radius 1 is 1.29 bits per heavy atom. The number of carbonyl (C=O) groups excluding carboxylic acids is 3. The lowest BCUT2D eigenvalue weighted by molar-refractivity contribution is -0.134. The lowest BCUT2D eigenvalue weighted by Crippen LogP contribution is -2.46. The van der Waals surface area contributed by atoms with Gasteiger partial charge >= 0.3 is 6.03 Å². The molecule has 1 fully saturated rings. The molecule has 1 aromatic carbocycles. The predicted octanol–water partition coefficient (Wildman–Crippen LogP) is 2.54. The molecule has 0 saturated carbocycles. The Hall–Kier alpha value is -3.18. The van der Waals surface area contributed by atoms with Gasteiger partial charge in [-0.1, -0.05) is 12.1 Å². The first-order valence-electron chi connectivity index (χ1n) is 9.00. The molecule has 1 atom stereocenters. The van der Waals surface area contributed by atoms with E-state index in [4.69, 9.17) is 5.26 Å². The summed E-state index contributed by atoms with van der Waals surface area (Å²) in [5.41, 5.74) is 1.22. The number of imide groups is 1. The Morgan fingerprint density at radius 2 is 2.07 bits per heavy atom. The summed E-state index contributed by atoms with van der Waals surface area (Å²) in [5.74, 6) is -0.814. The first kappa shape index (κ1) is 18.2. The highest BCUT2D eigenvalue weighted by Gasteiger charge is 2.54. The van der Waals surface area contributed by atoms with Gasteiger partial charge in [0.1, 0.15) is 12.1 Å². The van der Waals surface area contributed by atoms with Gasteiger partial charge < -0.3 is 10.6 Å². The van der Waals surface area contributed by atoms with Crippen LogP contribution in [-0.4, -0.2) is 29.3 Å². The van der Waals surface area contributed by atoms with Gasteiger partial charge in [-0.05, 0) is 48.4 Å². The van der Waals surface area contributed by atoms with Crippen molar-refractivity contribution in [2.24, 2.45) is 0 Å². The molecular formula is C20H18N4O3S. The normalized spacial score (nSPS) is 20.6. The van der Waals surface area contributed by atoms with Crippen molar-refractivity contribution in [2.75, 3.05) is 11.9 Å². The second-order valence-corrected chi connectivity index (χ2v) is 7.92. The molecular weight excluding hydrogens is 376 g/mol. The van der Waals surface area contributed by atoms with Crippen LogP contribution in [0.3, 0.4) is 0 Å². The van der Waals surface area contributed by atoms with Gasteiger partial charge in [-0.2, -0.15) is 5.26 Å². The minimum atomic E-state index is -1.04. The summed E-state index contributed by atoms with van der Waals surface area (Å²) in [6.07, 6.45) is 2.55. The molecule has 4 amide bonds. The molecule has 0 radical (unpaired) electrons. The summed E-state index contributed by atoms with van der Waals surface area (Å²) < 4.78 is 0. The Morgan fingerprint density at radius 3 is 2.82 bits per heavy atom. The molecule has 1 aliphatic heterocycles. The number of urea groups is 1. The zero-order chi connectivity index (χ0) is 19.7. The first-order valence-corrected chi connectivity index (χ1v) is 9.88. The average molecular weight is 394 g/mol. The summed E-state index contributed by atoms with van der Waals surface area (Å²) in [6, 6.07) is 10.3. The number of anilines is 1. The number of hydrogen-bond donors (Lipinski definition) is 2. The van der Waals surface area contributed by atoms with Crippen molar-refractivity contribution in [3.8, 4) is 6.07 Å². The van der Waals surface area contributed by atoms with E-state index < -0.39 is 17.5 Å². The van der Waals surface area contributed by atoms with E-state index in [0.29, 0.717) is 18.5 Å². The number of amides is 4. The zero-order valence-electron chi connectivity index (χ0n) is 15.0. The molecule has 8 heteroatoms. The van der Waals surface area contributed by atoms with Gasteiger partial charge in [-0.3, -0.25) is 14.5 Å². The maximum atomic E-state index is 13.1. The van der Waals surface area contributed by atoms with Crippen LogP contribution in [-0.2, 0) is 28.0 Å². The molecule has 2 aromatic rings. The van der Waals surface area contributed by atoms with Crippen LogP contribution in [0.4, 0.5) is 10.5 Å². The molecule has 2 heterocycles. The molecule has 2 N–H and O–H groups in total. The second-order valence-electron chi connectivity index (χ2n) is 6.92. The number of benzene rings is 1. The third-order valence-electron chi connectivity index (χ3n) is 5.16. The van der Waals surface area contributed by atoms with Crippen LogP contribution in [0.15, 0.2) is 35.7 Å². The molecule has 2 aliphatic rings. The molecule has 1 aliphatic carbocycles. The lowest BCUT2D eigenvalue weighted by atomic mass is 9.80. The molecule has 0 bridgehead atoms. The number of nitrogens with zero attached hydrogens (tertiary/aromatic N) is 2. The Kier molecular flexibility index (Phi) is 4.61. The topological polar surface area (TPSA) is 102 Å². The molecule has 142 valence electrons. The molecule has 0 unspecified atom stereocenters. The van der Waals surface area contributed by atoms with Crippen molar-refractivity contribution in [2.45, 2.75) is 31.2 Å². The number of thiophene rings is 1. The lowest BCUT2D eigenvalue weighted by Gasteiger charge is -2.31. The first-order chi connectivity index (χ1) is 13.5. The largest absolute Gasteiger partial charge is 0.325 e. The highest BCUT2D eigenvalue weighted by atomic mass is 32.1. The van der Waals surface area contributed by atoms with Crippen LogP contribution in [0.1, 0.15) is 28.8 Å². The van der Waals surface area contributed by atoms with Crippen molar-refractivity contribution in [3.63, 3.8) is 0 Å². The summed E-state index contributed by atoms with van der Waals surface area (Å²) in [5, 5.41) is 16.2. The van der Waals surface area contributed by atoms with E-state index in [0.717, 1.165) is 33.7 Å². The summed E-state index contributed by atoms with van der Waals surface area (Å²) >= 11 is 1.59. The van der Waals surface area contributed by atoms with Gasteiger partial charge in [-0.15, -0.1) is 11.3 Å². The number of hydrogen-bond acceptors (Lipinski definition) is 5. The number of aryl methyl sites for hydroxylation is 1. The predicted molar refractivity (Wildman–Crippen MR) is 104 cm³/mol. The molecule has 1 aromatic heterocycles. The van der Waals surface area contributed by atoms with Crippen LogP contribution in [0.2, 0.25) is 0 Å². The number of nitriles is 1. The molecule has 7 nitrogen and oxygen atoms in total. The van der Waals surface area contributed by atoms with Crippen LogP contribution < -0.4 is 10.6 Å². The SMILES string of the molecule is N#CCc1ccc(NC(=O)CN2C(=O)N[C@]3(CCCc4sccc43)C2=O)cc1. The van der Waals surface area contributed by atoms with E-state index in [1.54, 1.807) is 35.6 Å². The zero-order valence-corrected chi connectivity index (χ0v) is 15.8. The standard InChI is InChI=1S/C20H18N4O3S/c21-10-7-13-3-5-14(6-4-13)22-17(25)12-24-18(26)20(23-19(24)27)9-1-2-16-15(20)8-11-28-16/h3-6,8,11H,1-2,7,9,12H2,(H,22,25)(H,23,27)/t20-/m0/s1. The fourth-order valence-electron chi connectivity index (χ4n) is 3.83. The van der Waals surface area contributed by atoms with E-state index >= 15 is 0 Å². The second kappa shape index (κ2) is 7.09. The summed E-state index contributed by atoms with van der Waals surface area (Å²) in [7, 11) is 0. The minimum Gasteiger partial charge on any atom is -0.325 e.